The Kier molecular flexibility index (Phi) is 5.91. The summed E-state index contributed by atoms with van der Waals surface area (Å²) in [6, 6.07) is 7.35. The molecule has 132 valence electrons. The van der Waals surface area contributed by atoms with Crippen LogP contribution < -0.4 is 0 Å². The lowest BCUT2D eigenvalue weighted by atomic mass is 9.81. The maximum absolute atomic E-state index is 12.3. The molecule has 1 N–H and O–H groups in total. The average molecular weight is 398 g/mol. The quantitative estimate of drug-likeness (QED) is 0.826. The Bertz CT molecular complexity index is 594. The van der Waals surface area contributed by atoms with Gasteiger partial charge in [-0.1, -0.05) is 28.1 Å². The van der Waals surface area contributed by atoms with Crippen LogP contribution >= 0.6 is 15.9 Å². The van der Waals surface area contributed by atoms with Gasteiger partial charge < -0.3 is 14.7 Å². The number of halogens is 1. The van der Waals surface area contributed by atoms with Gasteiger partial charge in [0.25, 0.3) is 0 Å². The van der Waals surface area contributed by atoms with Gasteiger partial charge in [-0.2, -0.15) is 0 Å². The predicted octanol–water partition coefficient (Wildman–Crippen LogP) is 4.26. The zero-order valence-electron chi connectivity index (χ0n) is 14.3. The lowest BCUT2D eigenvalue weighted by Gasteiger charge is -2.36. The first-order valence-corrected chi connectivity index (χ1v) is 8.93. The highest BCUT2D eigenvalue weighted by Gasteiger charge is 2.35. The summed E-state index contributed by atoms with van der Waals surface area (Å²) in [5, 5.41) is 9.71. The highest BCUT2D eigenvalue weighted by molar-refractivity contribution is 9.10. The van der Waals surface area contributed by atoms with Crippen LogP contribution in [0, 0.1) is 5.92 Å². The third-order valence-corrected chi connectivity index (χ3v) is 4.60. The van der Waals surface area contributed by atoms with Gasteiger partial charge >= 0.3 is 12.1 Å². The van der Waals surface area contributed by atoms with E-state index in [2.05, 4.69) is 15.9 Å². The molecule has 1 amide bonds. The van der Waals surface area contributed by atoms with Crippen LogP contribution in [0.1, 0.15) is 45.1 Å². The molecule has 1 heterocycles. The molecule has 2 rings (SSSR count). The lowest BCUT2D eigenvalue weighted by Crippen LogP contribution is -2.45. The third kappa shape index (κ3) is 4.97. The van der Waals surface area contributed by atoms with Crippen LogP contribution in [0.4, 0.5) is 4.79 Å². The van der Waals surface area contributed by atoms with E-state index < -0.39 is 17.5 Å². The van der Waals surface area contributed by atoms with Gasteiger partial charge in [0.15, 0.2) is 0 Å². The highest BCUT2D eigenvalue weighted by Crippen LogP contribution is 2.33. The number of carboxylic acid groups (broad SMARTS) is 1. The monoisotopic (exact) mass is 397 g/mol. The molecule has 2 atom stereocenters. The zero-order valence-corrected chi connectivity index (χ0v) is 15.9. The maximum atomic E-state index is 12.3. The molecule has 0 aliphatic carbocycles. The number of carbonyl (C=O) groups is 2. The summed E-state index contributed by atoms with van der Waals surface area (Å²) in [6.07, 6.45) is 1.20. The second-order valence-corrected chi connectivity index (χ2v) is 8.11. The molecule has 0 bridgehead atoms. The third-order valence-electron chi connectivity index (χ3n) is 4.08. The number of amides is 1. The summed E-state index contributed by atoms with van der Waals surface area (Å²) >= 11 is 3.37. The Morgan fingerprint density at radius 3 is 2.46 bits per heavy atom. The van der Waals surface area contributed by atoms with Crippen molar-refractivity contribution in [3.8, 4) is 0 Å². The topological polar surface area (TPSA) is 66.8 Å². The summed E-state index contributed by atoms with van der Waals surface area (Å²) in [5.41, 5.74) is 0.212. The molecule has 1 aromatic carbocycles. The molecule has 24 heavy (non-hydrogen) atoms. The van der Waals surface area contributed by atoms with E-state index in [1.165, 1.54) is 0 Å². The van der Waals surface area contributed by atoms with Gasteiger partial charge in [-0.25, -0.2) is 4.79 Å². The minimum absolute atomic E-state index is 0.120. The number of hydrogen-bond donors (Lipinski definition) is 1. The fourth-order valence-electron chi connectivity index (χ4n) is 3.06. The number of nitrogens with zero attached hydrogens (tertiary/aromatic N) is 1. The minimum Gasteiger partial charge on any atom is -0.481 e. The molecule has 0 spiro atoms. The summed E-state index contributed by atoms with van der Waals surface area (Å²) in [5.74, 6) is -1.60. The van der Waals surface area contributed by atoms with Crippen LogP contribution in [0.2, 0.25) is 0 Å². The molecule has 6 heteroatoms. The van der Waals surface area contributed by atoms with Crippen molar-refractivity contribution in [1.29, 1.82) is 0 Å². The Morgan fingerprint density at radius 2 is 1.92 bits per heavy atom. The van der Waals surface area contributed by atoms with E-state index in [1.54, 1.807) is 4.90 Å². The van der Waals surface area contributed by atoms with Gasteiger partial charge in [-0.05, 0) is 57.2 Å². The van der Waals surface area contributed by atoms with Crippen molar-refractivity contribution in [2.45, 2.75) is 45.1 Å². The van der Waals surface area contributed by atoms with Crippen molar-refractivity contribution >= 4 is 28.0 Å². The second kappa shape index (κ2) is 7.55. The average Bonchev–Trinajstić information content (AvgIpc) is 2.48. The summed E-state index contributed by atoms with van der Waals surface area (Å²) < 4.78 is 6.33. The molecule has 0 saturated carbocycles. The van der Waals surface area contributed by atoms with E-state index in [-0.39, 0.29) is 12.0 Å². The molecule has 1 aromatic rings. The standard InChI is InChI=1S/C18H24BrNO4/c1-18(2,3)24-17(23)20-10-4-5-13(11-20)15(16(21)22)12-6-8-14(19)9-7-12/h6-9,13,15H,4-5,10-11H2,1-3H3,(H,21,22). The van der Waals surface area contributed by atoms with E-state index in [0.717, 1.165) is 22.9 Å². The number of benzene rings is 1. The van der Waals surface area contributed by atoms with Crippen molar-refractivity contribution in [2.24, 2.45) is 5.92 Å². The number of hydrogen-bond acceptors (Lipinski definition) is 3. The fourth-order valence-corrected chi connectivity index (χ4v) is 3.33. The Morgan fingerprint density at radius 1 is 1.29 bits per heavy atom. The molecule has 0 radical (unpaired) electrons. The number of rotatable bonds is 3. The number of aliphatic carboxylic acids is 1. The first kappa shape index (κ1) is 18.8. The lowest BCUT2D eigenvalue weighted by molar-refractivity contribution is -0.140. The summed E-state index contributed by atoms with van der Waals surface area (Å²) in [4.78, 5) is 25.8. The second-order valence-electron chi connectivity index (χ2n) is 7.20. The van der Waals surface area contributed by atoms with Crippen LogP contribution in [0.15, 0.2) is 28.7 Å². The van der Waals surface area contributed by atoms with E-state index in [1.807, 2.05) is 45.0 Å². The molecule has 1 aliphatic heterocycles. The van der Waals surface area contributed by atoms with E-state index in [9.17, 15) is 14.7 Å². The molecular formula is C18H24BrNO4. The van der Waals surface area contributed by atoms with Crippen LogP contribution in [0.3, 0.4) is 0 Å². The van der Waals surface area contributed by atoms with Crippen LogP contribution in [0.5, 0.6) is 0 Å². The number of piperidine rings is 1. The van der Waals surface area contributed by atoms with Gasteiger partial charge in [-0.15, -0.1) is 0 Å². The van der Waals surface area contributed by atoms with Crippen molar-refractivity contribution in [1.82, 2.24) is 4.90 Å². The molecule has 1 fully saturated rings. The molecule has 2 unspecified atom stereocenters. The minimum atomic E-state index is -0.853. The number of likely N-dealkylation sites (tertiary alicyclic amines) is 1. The zero-order chi connectivity index (χ0) is 17.9. The van der Waals surface area contributed by atoms with Gasteiger partial charge in [0.05, 0.1) is 5.92 Å². The fraction of sp³-hybridized carbons (Fsp3) is 0.556. The number of carbonyl (C=O) groups excluding carboxylic acids is 1. The number of ether oxygens (including phenoxy) is 1. The van der Waals surface area contributed by atoms with E-state index in [4.69, 9.17) is 4.74 Å². The molecular weight excluding hydrogens is 374 g/mol. The van der Waals surface area contributed by atoms with E-state index >= 15 is 0 Å². The van der Waals surface area contributed by atoms with Gasteiger partial charge in [0, 0.05) is 17.6 Å². The largest absolute Gasteiger partial charge is 0.481 e. The molecule has 1 saturated heterocycles. The van der Waals surface area contributed by atoms with Gasteiger partial charge in [0.2, 0.25) is 0 Å². The predicted molar refractivity (Wildman–Crippen MR) is 95.0 cm³/mol. The molecule has 1 aliphatic rings. The first-order chi connectivity index (χ1) is 11.2. The highest BCUT2D eigenvalue weighted by atomic mass is 79.9. The van der Waals surface area contributed by atoms with Crippen molar-refractivity contribution < 1.29 is 19.4 Å². The smallest absolute Gasteiger partial charge is 0.410 e. The number of carboxylic acids is 1. The Hall–Kier alpha value is -1.56. The Balaban J connectivity index is 2.14. The van der Waals surface area contributed by atoms with Crippen LogP contribution in [-0.2, 0) is 9.53 Å². The van der Waals surface area contributed by atoms with Crippen molar-refractivity contribution in [3.63, 3.8) is 0 Å². The Labute approximate surface area is 151 Å². The van der Waals surface area contributed by atoms with Crippen molar-refractivity contribution in [2.75, 3.05) is 13.1 Å². The maximum Gasteiger partial charge on any atom is 0.410 e. The summed E-state index contributed by atoms with van der Waals surface area (Å²) in [6.45, 7) is 6.50. The van der Waals surface area contributed by atoms with Crippen molar-refractivity contribution in [3.05, 3.63) is 34.3 Å². The molecule has 5 nitrogen and oxygen atoms in total. The van der Waals surface area contributed by atoms with Gasteiger partial charge in [-0.3, -0.25) is 4.79 Å². The molecule has 0 aromatic heterocycles. The normalized spacial score (nSPS) is 19.7. The summed E-state index contributed by atoms with van der Waals surface area (Å²) in [7, 11) is 0. The van der Waals surface area contributed by atoms with Crippen LogP contribution in [-0.4, -0.2) is 40.8 Å². The van der Waals surface area contributed by atoms with Crippen LogP contribution in [0.25, 0.3) is 0 Å². The first-order valence-electron chi connectivity index (χ1n) is 8.13. The SMILES string of the molecule is CC(C)(C)OC(=O)N1CCCC(C(C(=O)O)c2ccc(Br)cc2)C1. The van der Waals surface area contributed by atoms with Gasteiger partial charge in [0.1, 0.15) is 5.60 Å². The van der Waals surface area contributed by atoms with E-state index in [0.29, 0.717) is 13.1 Å².